The van der Waals surface area contributed by atoms with Crippen LogP contribution in [-0.2, 0) is 13.6 Å². The number of hydrogen-bond donors (Lipinski definition) is 0. The first-order valence-corrected chi connectivity index (χ1v) is 8.00. The van der Waals surface area contributed by atoms with Gasteiger partial charge in [0.2, 0.25) is 0 Å². The molecule has 0 saturated heterocycles. The number of aromatic nitrogens is 5. The second-order valence-electron chi connectivity index (χ2n) is 6.09. The van der Waals surface area contributed by atoms with Crippen molar-refractivity contribution in [1.29, 1.82) is 0 Å². The Morgan fingerprint density at radius 3 is 2.71 bits per heavy atom. The van der Waals surface area contributed by atoms with Gasteiger partial charge in [-0.05, 0) is 37.1 Å². The molecule has 0 aliphatic carbocycles. The van der Waals surface area contributed by atoms with Gasteiger partial charge in [0.25, 0.3) is 0 Å². The third-order valence-electron chi connectivity index (χ3n) is 4.35. The van der Waals surface area contributed by atoms with E-state index >= 15 is 0 Å². The Hall–Kier alpha value is -2.95. The van der Waals surface area contributed by atoms with Gasteiger partial charge in [0.15, 0.2) is 5.65 Å². The van der Waals surface area contributed by atoms with Crippen LogP contribution >= 0.6 is 0 Å². The van der Waals surface area contributed by atoms with Gasteiger partial charge in [-0.15, -0.1) is 0 Å². The Labute approximate surface area is 140 Å². The molecule has 1 aromatic carbocycles. The summed E-state index contributed by atoms with van der Waals surface area (Å²) in [5.74, 6) is 0. The maximum atomic E-state index is 4.89. The first kappa shape index (κ1) is 14.6. The maximum Gasteiger partial charge on any atom is 0.158 e. The van der Waals surface area contributed by atoms with Crippen molar-refractivity contribution in [3.05, 3.63) is 65.6 Å². The Morgan fingerprint density at radius 2 is 1.92 bits per heavy atom. The monoisotopic (exact) mass is 317 g/mol. The standard InChI is InChI=1S/C19H19N5/c1-13-11-17(21-19-18(13)14(2)22-23(19)3)16-8-5-4-7-15(16)12-24-10-6-9-20-24/h4-11H,12H2,1-3H3. The van der Waals surface area contributed by atoms with Crippen molar-refractivity contribution in [1.82, 2.24) is 24.5 Å². The predicted octanol–water partition coefficient (Wildman–Crippen LogP) is 3.50. The summed E-state index contributed by atoms with van der Waals surface area (Å²) in [5, 5.41) is 9.97. The molecule has 0 spiro atoms. The molecule has 120 valence electrons. The van der Waals surface area contributed by atoms with Crippen molar-refractivity contribution >= 4 is 11.0 Å². The normalized spacial score (nSPS) is 11.3. The number of benzene rings is 1. The van der Waals surface area contributed by atoms with Crippen molar-refractivity contribution in [2.45, 2.75) is 20.4 Å². The third kappa shape index (κ3) is 2.38. The molecule has 0 N–H and O–H groups in total. The van der Waals surface area contributed by atoms with E-state index in [4.69, 9.17) is 4.98 Å². The van der Waals surface area contributed by atoms with Crippen LogP contribution in [0.3, 0.4) is 0 Å². The summed E-state index contributed by atoms with van der Waals surface area (Å²) in [7, 11) is 1.95. The first-order valence-electron chi connectivity index (χ1n) is 8.00. The summed E-state index contributed by atoms with van der Waals surface area (Å²) in [4.78, 5) is 4.89. The summed E-state index contributed by atoms with van der Waals surface area (Å²) in [6, 6.07) is 12.5. The number of fused-ring (bicyclic) bond motifs is 1. The highest BCUT2D eigenvalue weighted by molar-refractivity contribution is 5.85. The maximum absolute atomic E-state index is 4.89. The van der Waals surface area contributed by atoms with Crippen molar-refractivity contribution in [2.24, 2.45) is 7.05 Å². The Kier molecular flexibility index (Phi) is 3.41. The van der Waals surface area contributed by atoms with E-state index in [2.05, 4.69) is 47.5 Å². The highest BCUT2D eigenvalue weighted by Crippen LogP contribution is 2.28. The van der Waals surface area contributed by atoms with E-state index in [0.717, 1.165) is 34.5 Å². The third-order valence-corrected chi connectivity index (χ3v) is 4.35. The second kappa shape index (κ2) is 5.60. The molecule has 0 bridgehead atoms. The van der Waals surface area contributed by atoms with Crippen molar-refractivity contribution < 1.29 is 0 Å². The van der Waals surface area contributed by atoms with Crippen molar-refractivity contribution in [3.63, 3.8) is 0 Å². The van der Waals surface area contributed by atoms with Gasteiger partial charge in [0.05, 0.1) is 17.9 Å². The molecular formula is C19H19N5. The van der Waals surface area contributed by atoms with E-state index in [1.807, 2.05) is 35.6 Å². The molecule has 0 atom stereocenters. The molecule has 4 rings (SSSR count). The van der Waals surface area contributed by atoms with Crippen molar-refractivity contribution in [3.8, 4) is 11.3 Å². The van der Waals surface area contributed by atoms with E-state index in [9.17, 15) is 0 Å². The zero-order chi connectivity index (χ0) is 16.7. The van der Waals surface area contributed by atoms with Gasteiger partial charge in [-0.1, -0.05) is 24.3 Å². The molecule has 0 unspecified atom stereocenters. The minimum absolute atomic E-state index is 0.729. The molecule has 0 radical (unpaired) electrons. The molecule has 24 heavy (non-hydrogen) atoms. The summed E-state index contributed by atoms with van der Waals surface area (Å²) >= 11 is 0. The minimum atomic E-state index is 0.729. The van der Waals surface area contributed by atoms with Crippen LogP contribution in [0.15, 0.2) is 48.8 Å². The van der Waals surface area contributed by atoms with Gasteiger partial charge in [-0.25, -0.2) is 4.98 Å². The fourth-order valence-corrected chi connectivity index (χ4v) is 3.27. The number of nitrogens with zero attached hydrogens (tertiary/aromatic N) is 5. The van der Waals surface area contributed by atoms with Crippen LogP contribution in [0.1, 0.15) is 16.8 Å². The Morgan fingerprint density at radius 1 is 1.08 bits per heavy atom. The van der Waals surface area contributed by atoms with Crippen LogP contribution in [0, 0.1) is 13.8 Å². The van der Waals surface area contributed by atoms with E-state index in [1.165, 1.54) is 11.1 Å². The van der Waals surface area contributed by atoms with Gasteiger partial charge in [-0.3, -0.25) is 9.36 Å². The number of aryl methyl sites for hydroxylation is 3. The zero-order valence-electron chi connectivity index (χ0n) is 14.1. The predicted molar refractivity (Wildman–Crippen MR) is 94.7 cm³/mol. The molecule has 5 nitrogen and oxygen atoms in total. The molecule has 0 aliphatic heterocycles. The first-order chi connectivity index (χ1) is 11.6. The molecule has 5 heteroatoms. The average Bonchev–Trinajstić information content (AvgIpc) is 3.16. The molecule has 0 saturated carbocycles. The molecule has 0 fully saturated rings. The zero-order valence-corrected chi connectivity index (χ0v) is 14.1. The van der Waals surface area contributed by atoms with Crippen molar-refractivity contribution in [2.75, 3.05) is 0 Å². The molecule has 3 aromatic heterocycles. The van der Waals surface area contributed by atoms with Crippen LogP contribution in [0.25, 0.3) is 22.3 Å². The lowest BCUT2D eigenvalue weighted by Crippen LogP contribution is -2.02. The average molecular weight is 317 g/mol. The highest BCUT2D eigenvalue weighted by atomic mass is 15.3. The SMILES string of the molecule is Cc1cc(-c2ccccc2Cn2cccn2)nc2c1c(C)nn2C. The van der Waals surface area contributed by atoms with Crippen LogP contribution in [-0.4, -0.2) is 24.5 Å². The van der Waals surface area contributed by atoms with E-state index in [0.29, 0.717) is 0 Å². The lowest BCUT2D eigenvalue weighted by atomic mass is 10.0. The van der Waals surface area contributed by atoms with E-state index in [1.54, 1.807) is 6.20 Å². The lowest BCUT2D eigenvalue weighted by Gasteiger charge is -2.11. The molecule has 0 amide bonds. The molecule has 3 heterocycles. The van der Waals surface area contributed by atoms with E-state index < -0.39 is 0 Å². The fraction of sp³-hybridized carbons (Fsp3) is 0.211. The Balaban J connectivity index is 1.87. The van der Waals surface area contributed by atoms with Gasteiger partial charge in [0, 0.05) is 30.4 Å². The van der Waals surface area contributed by atoms with Crippen LogP contribution in [0.4, 0.5) is 0 Å². The van der Waals surface area contributed by atoms with Gasteiger partial charge in [-0.2, -0.15) is 10.2 Å². The van der Waals surface area contributed by atoms with E-state index in [-0.39, 0.29) is 0 Å². The van der Waals surface area contributed by atoms with Gasteiger partial charge >= 0.3 is 0 Å². The summed E-state index contributed by atoms with van der Waals surface area (Å²) in [6.07, 6.45) is 3.78. The molecule has 4 aromatic rings. The van der Waals surface area contributed by atoms with Gasteiger partial charge in [0.1, 0.15) is 0 Å². The lowest BCUT2D eigenvalue weighted by molar-refractivity contribution is 0.687. The quantitative estimate of drug-likeness (QED) is 0.581. The van der Waals surface area contributed by atoms with Gasteiger partial charge < -0.3 is 0 Å². The number of pyridine rings is 1. The topological polar surface area (TPSA) is 48.5 Å². The number of rotatable bonds is 3. The highest BCUT2D eigenvalue weighted by Gasteiger charge is 2.14. The van der Waals surface area contributed by atoms with Crippen LogP contribution in [0.2, 0.25) is 0 Å². The molecule has 0 aliphatic rings. The summed E-state index contributed by atoms with van der Waals surface area (Å²) in [6.45, 7) is 4.88. The van der Waals surface area contributed by atoms with Crippen LogP contribution < -0.4 is 0 Å². The minimum Gasteiger partial charge on any atom is -0.268 e. The Bertz CT molecular complexity index is 1010. The fourth-order valence-electron chi connectivity index (χ4n) is 3.27. The smallest absolute Gasteiger partial charge is 0.158 e. The largest absolute Gasteiger partial charge is 0.268 e. The second-order valence-corrected chi connectivity index (χ2v) is 6.09. The summed E-state index contributed by atoms with van der Waals surface area (Å²) < 4.78 is 3.79. The molecular weight excluding hydrogens is 298 g/mol. The number of hydrogen-bond acceptors (Lipinski definition) is 3. The summed E-state index contributed by atoms with van der Waals surface area (Å²) in [5.41, 5.74) is 6.47. The van der Waals surface area contributed by atoms with Crippen LogP contribution in [0.5, 0.6) is 0 Å².